The lowest BCUT2D eigenvalue weighted by Crippen LogP contribution is -2.44. The Balaban J connectivity index is 2.19. The van der Waals surface area contributed by atoms with Crippen molar-refractivity contribution < 1.29 is 9.53 Å². The van der Waals surface area contributed by atoms with E-state index >= 15 is 0 Å². The minimum Gasteiger partial charge on any atom is -0.367 e. The van der Waals surface area contributed by atoms with E-state index in [0.29, 0.717) is 6.61 Å². The molecule has 0 unspecified atom stereocenters. The Hall–Kier alpha value is -0.670. The van der Waals surface area contributed by atoms with Crippen LogP contribution < -0.4 is 0 Å². The molecule has 1 aliphatic rings. The van der Waals surface area contributed by atoms with Crippen molar-refractivity contribution in [2.45, 2.75) is 45.1 Å². The van der Waals surface area contributed by atoms with E-state index in [9.17, 15) is 4.79 Å². The van der Waals surface area contributed by atoms with Crippen molar-refractivity contribution in [3.63, 3.8) is 0 Å². The first kappa shape index (κ1) is 12.8. The van der Waals surface area contributed by atoms with E-state index in [0.717, 1.165) is 37.2 Å². The van der Waals surface area contributed by atoms with Gasteiger partial charge in [-0.25, -0.2) is 0 Å². The summed E-state index contributed by atoms with van der Waals surface area (Å²) in [6.07, 6.45) is 3.93. The van der Waals surface area contributed by atoms with Crippen molar-refractivity contribution in [3.8, 4) is 0 Å². The highest BCUT2D eigenvalue weighted by molar-refractivity contribution is 7.08. The number of ether oxygens (including phenoxy) is 1. The van der Waals surface area contributed by atoms with Crippen molar-refractivity contribution >= 4 is 17.1 Å². The fourth-order valence-corrected chi connectivity index (χ4v) is 3.23. The van der Waals surface area contributed by atoms with Crippen LogP contribution >= 0.6 is 11.3 Å². The van der Waals surface area contributed by atoms with E-state index < -0.39 is 5.60 Å². The van der Waals surface area contributed by atoms with E-state index in [1.54, 1.807) is 11.3 Å². The zero-order valence-corrected chi connectivity index (χ0v) is 11.4. The van der Waals surface area contributed by atoms with Crippen LogP contribution in [0.2, 0.25) is 0 Å². The fourth-order valence-electron chi connectivity index (χ4n) is 2.60. The van der Waals surface area contributed by atoms with Crippen molar-refractivity contribution in [3.05, 3.63) is 22.4 Å². The van der Waals surface area contributed by atoms with Gasteiger partial charge in [0.2, 0.25) is 0 Å². The first-order valence-corrected chi connectivity index (χ1v) is 7.33. The van der Waals surface area contributed by atoms with Gasteiger partial charge in [0, 0.05) is 17.6 Å². The highest BCUT2D eigenvalue weighted by atomic mass is 32.1. The van der Waals surface area contributed by atoms with Gasteiger partial charge in [-0.2, -0.15) is 11.3 Å². The second-order valence-corrected chi connectivity index (χ2v) is 5.73. The smallest absolute Gasteiger partial charge is 0.195 e. The average molecular weight is 252 g/mol. The maximum atomic E-state index is 12.6. The molecule has 17 heavy (non-hydrogen) atoms. The quantitative estimate of drug-likeness (QED) is 0.759. The van der Waals surface area contributed by atoms with Crippen LogP contribution in [0.25, 0.3) is 0 Å². The molecule has 94 valence electrons. The Morgan fingerprint density at radius 1 is 1.53 bits per heavy atom. The molecule has 1 fully saturated rings. The summed E-state index contributed by atoms with van der Waals surface area (Å²) in [6, 6.07) is 1.91. The summed E-state index contributed by atoms with van der Waals surface area (Å²) in [5.41, 5.74) is 0.278. The minimum atomic E-state index is -0.539. The molecule has 0 radical (unpaired) electrons. The third kappa shape index (κ3) is 2.61. The molecule has 0 aromatic carbocycles. The highest BCUT2D eigenvalue weighted by Gasteiger charge is 2.42. The molecule has 1 aromatic heterocycles. The molecule has 0 aliphatic heterocycles. The van der Waals surface area contributed by atoms with Gasteiger partial charge in [0.05, 0.1) is 0 Å². The molecule has 2 nitrogen and oxygen atoms in total. The number of hydrogen-bond donors (Lipinski definition) is 0. The number of hydrogen-bond acceptors (Lipinski definition) is 3. The Morgan fingerprint density at radius 2 is 2.24 bits per heavy atom. The van der Waals surface area contributed by atoms with Crippen molar-refractivity contribution in [1.29, 1.82) is 0 Å². The van der Waals surface area contributed by atoms with E-state index in [1.807, 2.05) is 23.8 Å². The number of Topliss-reactive ketones (excluding diaryl/α,β-unsaturated/α-hetero) is 1. The predicted octanol–water partition coefficient (Wildman–Crippen LogP) is 3.92. The number of thiophene rings is 1. The van der Waals surface area contributed by atoms with Gasteiger partial charge in [-0.3, -0.25) is 4.79 Å². The molecular formula is C14H20O2S. The van der Waals surface area contributed by atoms with Gasteiger partial charge in [-0.1, -0.05) is 6.92 Å². The van der Waals surface area contributed by atoms with Crippen molar-refractivity contribution in [1.82, 2.24) is 0 Å². The number of rotatable bonds is 4. The summed E-state index contributed by atoms with van der Waals surface area (Å²) >= 11 is 1.57. The molecule has 1 aromatic rings. The second kappa shape index (κ2) is 5.32. The SMILES string of the molecule is CCOC1(C(=O)c2ccsc2)CCC(C)CC1. The van der Waals surface area contributed by atoms with E-state index in [2.05, 4.69) is 6.92 Å². The molecule has 0 spiro atoms. The molecule has 0 N–H and O–H groups in total. The van der Waals surface area contributed by atoms with Crippen LogP contribution in [-0.4, -0.2) is 18.0 Å². The summed E-state index contributed by atoms with van der Waals surface area (Å²) in [6.45, 7) is 4.84. The summed E-state index contributed by atoms with van der Waals surface area (Å²) in [4.78, 5) is 12.6. The largest absolute Gasteiger partial charge is 0.367 e. The van der Waals surface area contributed by atoms with Gasteiger partial charge in [-0.15, -0.1) is 0 Å². The predicted molar refractivity (Wildman–Crippen MR) is 70.6 cm³/mol. The number of ketones is 1. The molecular weight excluding hydrogens is 232 g/mol. The second-order valence-electron chi connectivity index (χ2n) is 4.95. The van der Waals surface area contributed by atoms with Crippen LogP contribution in [0.15, 0.2) is 16.8 Å². The fraction of sp³-hybridized carbons (Fsp3) is 0.643. The lowest BCUT2D eigenvalue weighted by atomic mass is 9.76. The van der Waals surface area contributed by atoms with Crippen molar-refractivity contribution in [2.75, 3.05) is 6.61 Å². The number of carbonyl (C=O) groups is 1. The molecule has 0 bridgehead atoms. The third-order valence-corrected chi connectivity index (χ3v) is 4.38. The zero-order valence-electron chi connectivity index (χ0n) is 10.6. The van der Waals surface area contributed by atoms with Crippen LogP contribution in [0.5, 0.6) is 0 Å². The molecule has 1 aliphatic carbocycles. The molecule has 1 heterocycles. The van der Waals surface area contributed by atoms with Gasteiger partial charge < -0.3 is 4.74 Å². The van der Waals surface area contributed by atoms with E-state index in [1.165, 1.54) is 0 Å². The zero-order chi connectivity index (χ0) is 12.3. The van der Waals surface area contributed by atoms with Gasteiger partial charge in [0.1, 0.15) is 5.60 Å². The lowest BCUT2D eigenvalue weighted by Gasteiger charge is -2.37. The van der Waals surface area contributed by atoms with Gasteiger partial charge in [-0.05, 0) is 50.0 Å². The van der Waals surface area contributed by atoms with Gasteiger partial charge >= 0.3 is 0 Å². The van der Waals surface area contributed by atoms with Gasteiger partial charge in [0.25, 0.3) is 0 Å². The number of carbonyl (C=O) groups excluding carboxylic acids is 1. The lowest BCUT2D eigenvalue weighted by molar-refractivity contribution is -0.0473. The maximum Gasteiger partial charge on any atom is 0.195 e. The molecule has 3 heteroatoms. The Bertz CT molecular complexity index is 362. The highest BCUT2D eigenvalue weighted by Crippen LogP contribution is 2.37. The van der Waals surface area contributed by atoms with Crippen LogP contribution in [0.1, 0.15) is 49.9 Å². The van der Waals surface area contributed by atoms with Crippen LogP contribution in [0, 0.1) is 5.92 Å². The third-order valence-electron chi connectivity index (χ3n) is 3.70. The molecule has 0 saturated heterocycles. The summed E-state index contributed by atoms with van der Waals surface area (Å²) in [7, 11) is 0. The molecule has 0 atom stereocenters. The van der Waals surface area contributed by atoms with E-state index in [4.69, 9.17) is 4.74 Å². The minimum absolute atomic E-state index is 0.188. The summed E-state index contributed by atoms with van der Waals surface area (Å²) in [5.74, 6) is 0.909. The Morgan fingerprint density at radius 3 is 2.76 bits per heavy atom. The van der Waals surface area contributed by atoms with Crippen LogP contribution in [-0.2, 0) is 4.74 Å². The monoisotopic (exact) mass is 252 g/mol. The van der Waals surface area contributed by atoms with Crippen molar-refractivity contribution in [2.24, 2.45) is 5.92 Å². The van der Waals surface area contributed by atoms with Crippen LogP contribution in [0.3, 0.4) is 0 Å². The Labute approximate surface area is 107 Å². The van der Waals surface area contributed by atoms with Gasteiger partial charge in [0.15, 0.2) is 5.78 Å². The maximum absolute atomic E-state index is 12.6. The normalized spacial score (nSPS) is 29.2. The summed E-state index contributed by atoms with van der Waals surface area (Å²) < 4.78 is 5.86. The Kier molecular flexibility index (Phi) is 4.00. The first-order valence-electron chi connectivity index (χ1n) is 6.39. The van der Waals surface area contributed by atoms with Crippen LogP contribution in [0.4, 0.5) is 0 Å². The molecule has 1 saturated carbocycles. The molecule has 2 rings (SSSR count). The first-order chi connectivity index (χ1) is 8.18. The summed E-state index contributed by atoms with van der Waals surface area (Å²) in [5, 5.41) is 3.89. The topological polar surface area (TPSA) is 26.3 Å². The average Bonchev–Trinajstić information content (AvgIpc) is 2.85. The molecule has 0 amide bonds. The standard InChI is InChI=1S/C14H20O2S/c1-3-16-14(7-4-11(2)5-8-14)13(15)12-6-9-17-10-12/h6,9-11H,3-5,7-8H2,1-2H3. The van der Waals surface area contributed by atoms with E-state index in [-0.39, 0.29) is 5.78 Å².